The van der Waals surface area contributed by atoms with Gasteiger partial charge in [0.2, 0.25) is 10.0 Å². The molecule has 19 heavy (non-hydrogen) atoms. The lowest BCUT2D eigenvalue weighted by Crippen LogP contribution is -2.43. The molecule has 4 nitrogen and oxygen atoms in total. The highest BCUT2D eigenvalue weighted by Crippen LogP contribution is 2.31. The smallest absolute Gasteiger partial charge is 0.211 e. The van der Waals surface area contributed by atoms with E-state index < -0.39 is 10.0 Å². The number of thioether (sulfide) groups is 1. The van der Waals surface area contributed by atoms with Gasteiger partial charge in [-0.25, -0.2) is 12.7 Å². The summed E-state index contributed by atoms with van der Waals surface area (Å²) in [4.78, 5) is 0. The Morgan fingerprint density at radius 3 is 2.79 bits per heavy atom. The van der Waals surface area contributed by atoms with Crippen molar-refractivity contribution in [3.05, 3.63) is 0 Å². The Labute approximate surface area is 121 Å². The Morgan fingerprint density at radius 2 is 2.21 bits per heavy atom. The van der Waals surface area contributed by atoms with Crippen LogP contribution in [0.4, 0.5) is 0 Å². The molecule has 112 valence electrons. The largest absolute Gasteiger partial charge is 0.317 e. The van der Waals surface area contributed by atoms with E-state index in [1.54, 1.807) is 4.31 Å². The molecule has 3 unspecified atom stereocenters. The van der Waals surface area contributed by atoms with Crippen molar-refractivity contribution in [2.45, 2.75) is 31.7 Å². The molecular formula is C13H26N2O2S2. The fourth-order valence-electron chi connectivity index (χ4n) is 3.30. The van der Waals surface area contributed by atoms with Crippen molar-refractivity contribution in [3.63, 3.8) is 0 Å². The summed E-state index contributed by atoms with van der Waals surface area (Å²) in [5.74, 6) is 3.83. The first-order valence-corrected chi connectivity index (χ1v) is 10.2. The van der Waals surface area contributed by atoms with E-state index >= 15 is 0 Å². The van der Waals surface area contributed by atoms with Gasteiger partial charge in [-0.15, -0.1) is 0 Å². The molecule has 6 heteroatoms. The first-order valence-electron chi connectivity index (χ1n) is 7.21. The number of piperidine rings is 1. The van der Waals surface area contributed by atoms with Gasteiger partial charge in [0.25, 0.3) is 0 Å². The molecule has 0 bridgehead atoms. The Bertz CT molecular complexity index is 380. The minimum atomic E-state index is -3.01. The SMILES string of the molecule is CNC(CC1CCCN(S(C)(=O)=O)C1)C1CCSC1. The predicted molar refractivity (Wildman–Crippen MR) is 82.0 cm³/mol. The van der Waals surface area contributed by atoms with Gasteiger partial charge in [-0.3, -0.25) is 0 Å². The second-order valence-electron chi connectivity index (χ2n) is 5.88. The van der Waals surface area contributed by atoms with E-state index in [1.165, 1.54) is 30.6 Å². The summed E-state index contributed by atoms with van der Waals surface area (Å²) < 4.78 is 25.0. The molecule has 0 aliphatic carbocycles. The summed E-state index contributed by atoms with van der Waals surface area (Å²) in [5, 5.41) is 3.46. The van der Waals surface area contributed by atoms with Crippen LogP contribution in [-0.2, 0) is 10.0 Å². The second-order valence-corrected chi connectivity index (χ2v) is 9.02. The van der Waals surface area contributed by atoms with E-state index in [9.17, 15) is 8.42 Å². The van der Waals surface area contributed by atoms with Gasteiger partial charge in [0.1, 0.15) is 0 Å². The molecule has 0 spiro atoms. The van der Waals surface area contributed by atoms with Crippen LogP contribution in [0.5, 0.6) is 0 Å². The first kappa shape index (κ1) is 15.6. The molecular weight excluding hydrogens is 280 g/mol. The number of nitrogens with zero attached hydrogens (tertiary/aromatic N) is 1. The third kappa shape index (κ3) is 4.34. The summed E-state index contributed by atoms with van der Waals surface area (Å²) >= 11 is 2.05. The molecule has 2 aliphatic rings. The van der Waals surface area contributed by atoms with Gasteiger partial charge in [0.15, 0.2) is 0 Å². The Balaban J connectivity index is 1.90. The minimum absolute atomic E-state index is 0.520. The molecule has 0 aromatic rings. The van der Waals surface area contributed by atoms with Crippen LogP contribution in [-0.4, -0.2) is 56.7 Å². The lowest BCUT2D eigenvalue weighted by molar-refractivity contribution is 0.223. The van der Waals surface area contributed by atoms with E-state index in [0.717, 1.165) is 25.3 Å². The highest BCUT2D eigenvalue weighted by molar-refractivity contribution is 7.99. The van der Waals surface area contributed by atoms with Crippen LogP contribution >= 0.6 is 11.8 Å². The van der Waals surface area contributed by atoms with Gasteiger partial charge in [0, 0.05) is 19.1 Å². The molecule has 2 rings (SSSR count). The van der Waals surface area contributed by atoms with Crippen molar-refractivity contribution in [1.29, 1.82) is 0 Å². The van der Waals surface area contributed by atoms with Crippen molar-refractivity contribution in [3.8, 4) is 0 Å². The number of rotatable bonds is 5. The van der Waals surface area contributed by atoms with Gasteiger partial charge in [0.05, 0.1) is 6.26 Å². The highest BCUT2D eigenvalue weighted by atomic mass is 32.2. The predicted octanol–water partition coefficient (Wildman–Crippen LogP) is 1.39. The summed E-state index contributed by atoms with van der Waals surface area (Å²) in [6.45, 7) is 1.43. The molecule has 2 fully saturated rings. The molecule has 2 saturated heterocycles. The normalized spacial score (nSPS) is 31.5. The third-order valence-electron chi connectivity index (χ3n) is 4.44. The van der Waals surface area contributed by atoms with Gasteiger partial charge in [-0.2, -0.15) is 11.8 Å². The number of sulfonamides is 1. The molecule has 0 saturated carbocycles. The van der Waals surface area contributed by atoms with Crippen LogP contribution in [0.25, 0.3) is 0 Å². The summed E-state index contributed by atoms with van der Waals surface area (Å²) in [6, 6.07) is 0.555. The van der Waals surface area contributed by atoms with Crippen molar-refractivity contribution < 1.29 is 8.42 Å². The van der Waals surface area contributed by atoms with Gasteiger partial charge in [-0.1, -0.05) is 0 Å². The van der Waals surface area contributed by atoms with E-state index in [-0.39, 0.29) is 0 Å². The Kier molecular flexibility index (Phi) is 5.57. The second kappa shape index (κ2) is 6.78. The Hall–Kier alpha value is 0.220. The molecule has 1 N–H and O–H groups in total. The monoisotopic (exact) mass is 306 g/mol. The van der Waals surface area contributed by atoms with Crippen LogP contribution in [0.1, 0.15) is 25.7 Å². The molecule has 2 heterocycles. The average molecular weight is 306 g/mol. The van der Waals surface area contributed by atoms with E-state index in [4.69, 9.17) is 0 Å². The number of nitrogens with one attached hydrogen (secondary N) is 1. The molecule has 0 aromatic heterocycles. The quantitative estimate of drug-likeness (QED) is 0.834. The zero-order valence-corrected chi connectivity index (χ0v) is 13.6. The lowest BCUT2D eigenvalue weighted by atomic mass is 9.86. The van der Waals surface area contributed by atoms with Crippen molar-refractivity contribution in [2.24, 2.45) is 11.8 Å². The van der Waals surface area contributed by atoms with E-state index in [2.05, 4.69) is 5.32 Å². The fourth-order valence-corrected chi connectivity index (χ4v) is 5.58. The van der Waals surface area contributed by atoms with Crippen molar-refractivity contribution in [1.82, 2.24) is 9.62 Å². The minimum Gasteiger partial charge on any atom is -0.317 e. The maximum Gasteiger partial charge on any atom is 0.211 e. The highest BCUT2D eigenvalue weighted by Gasteiger charge is 2.31. The molecule has 3 atom stereocenters. The number of hydrogen-bond acceptors (Lipinski definition) is 4. The van der Waals surface area contributed by atoms with Gasteiger partial charge >= 0.3 is 0 Å². The number of hydrogen-bond donors (Lipinski definition) is 1. The lowest BCUT2D eigenvalue weighted by Gasteiger charge is -2.34. The standard InChI is InChI=1S/C13H26N2O2S2/c1-14-13(12-5-7-18-10-12)8-11-4-3-6-15(9-11)19(2,16)17/h11-14H,3-10H2,1-2H3. The molecule has 0 aromatic carbocycles. The topological polar surface area (TPSA) is 49.4 Å². The summed E-state index contributed by atoms with van der Waals surface area (Å²) in [6.07, 6.45) is 5.93. The summed E-state index contributed by atoms with van der Waals surface area (Å²) in [5.41, 5.74) is 0. The Morgan fingerprint density at radius 1 is 1.42 bits per heavy atom. The van der Waals surface area contributed by atoms with E-state index in [0.29, 0.717) is 18.5 Å². The van der Waals surface area contributed by atoms with Gasteiger partial charge < -0.3 is 5.32 Å². The van der Waals surface area contributed by atoms with Crippen molar-refractivity contribution >= 4 is 21.8 Å². The van der Waals surface area contributed by atoms with Crippen LogP contribution in [0.15, 0.2) is 0 Å². The first-order chi connectivity index (χ1) is 9.00. The zero-order valence-electron chi connectivity index (χ0n) is 12.0. The molecule has 2 aliphatic heterocycles. The fraction of sp³-hybridized carbons (Fsp3) is 1.00. The van der Waals surface area contributed by atoms with Gasteiger partial charge in [-0.05, 0) is 56.1 Å². The van der Waals surface area contributed by atoms with Crippen LogP contribution in [0.2, 0.25) is 0 Å². The zero-order chi connectivity index (χ0) is 13.9. The van der Waals surface area contributed by atoms with Crippen LogP contribution in [0.3, 0.4) is 0 Å². The molecule has 0 amide bonds. The van der Waals surface area contributed by atoms with Crippen molar-refractivity contribution in [2.75, 3.05) is 37.9 Å². The average Bonchev–Trinajstić information content (AvgIpc) is 2.89. The molecule has 0 radical (unpaired) electrons. The third-order valence-corrected chi connectivity index (χ3v) is 6.90. The van der Waals surface area contributed by atoms with Crippen LogP contribution < -0.4 is 5.32 Å². The maximum absolute atomic E-state index is 11.7. The maximum atomic E-state index is 11.7. The van der Waals surface area contributed by atoms with Crippen LogP contribution in [0, 0.1) is 11.8 Å². The summed E-state index contributed by atoms with van der Waals surface area (Å²) in [7, 11) is -0.965. The van der Waals surface area contributed by atoms with E-state index in [1.807, 2.05) is 18.8 Å².